The molecule has 0 aromatic heterocycles. The van der Waals surface area contributed by atoms with Gasteiger partial charge in [-0.05, 0) is 17.0 Å². The van der Waals surface area contributed by atoms with Crippen LogP contribution in [0.25, 0.3) is 0 Å². The van der Waals surface area contributed by atoms with Crippen molar-refractivity contribution in [1.29, 1.82) is 0 Å². The van der Waals surface area contributed by atoms with Crippen molar-refractivity contribution in [2.24, 2.45) is 17.8 Å². The highest BCUT2D eigenvalue weighted by molar-refractivity contribution is 7.19. The molecule has 0 amide bonds. The second-order valence-electron chi connectivity index (χ2n) is 4.60. The van der Waals surface area contributed by atoms with Crippen LogP contribution in [-0.4, -0.2) is 5.16 Å². The molecular weight excluding hydrogens is 175 g/mol. The summed E-state index contributed by atoms with van der Waals surface area (Å²) >= 11 is 0. The Morgan fingerprint density at radius 2 is 1.38 bits per heavy atom. The molecule has 0 saturated carbocycles. The van der Waals surface area contributed by atoms with Crippen LogP contribution in [0.15, 0.2) is 24.3 Å². The molecule has 0 N–H and O–H groups in total. The molecule has 1 aliphatic rings. The van der Waals surface area contributed by atoms with E-state index in [2.05, 4.69) is 61.2 Å². The molecule has 74 valence electrons. The molecule has 0 nitrogen and oxygen atoms in total. The van der Waals surface area contributed by atoms with Crippen molar-refractivity contribution in [2.45, 2.75) is 32.9 Å². The van der Waals surface area contributed by atoms with Crippen LogP contribution in [0.4, 0.5) is 0 Å². The van der Waals surface area contributed by atoms with E-state index in [0.29, 0.717) is 22.9 Å². The minimum Gasteiger partial charge on any atom is -0.130 e. The van der Waals surface area contributed by atoms with Gasteiger partial charge in [0.05, 0.1) is 0 Å². The average Bonchev–Trinajstić information content (AvgIpc) is 2.54. The fourth-order valence-corrected chi connectivity index (χ4v) is 2.42. The minimum absolute atomic E-state index is 0.323. The van der Waals surface area contributed by atoms with E-state index in [0.717, 1.165) is 0 Å². The quantitative estimate of drug-likeness (QED) is 0.604. The Morgan fingerprint density at radius 3 is 1.69 bits per heavy atom. The molecule has 0 radical (unpaired) electrons. The number of rotatable bonds is 3. The average molecular weight is 196 g/mol. The standard InChI is InChI=1S/C12H21P/c1-9(2)12(13,10(3)4)11-7-5-6-8-11/h5-11H,13H2,1-4H3. The first-order valence-electron chi connectivity index (χ1n) is 5.13. The Hall–Kier alpha value is -0.0900. The molecule has 1 unspecified atom stereocenters. The Labute approximate surface area is 84.7 Å². The first-order chi connectivity index (χ1) is 5.99. The summed E-state index contributed by atoms with van der Waals surface area (Å²) in [5, 5.41) is 0.323. The van der Waals surface area contributed by atoms with Crippen LogP contribution in [0.5, 0.6) is 0 Å². The molecule has 0 aromatic carbocycles. The van der Waals surface area contributed by atoms with E-state index in [1.807, 2.05) is 0 Å². The minimum atomic E-state index is 0.323. The summed E-state index contributed by atoms with van der Waals surface area (Å²) in [6.07, 6.45) is 8.95. The normalized spacial score (nSPS) is 18.1. The first kappa shape index (κ1) is 11.0. The topological polar surface area (TPSA) is 0 Å². The fraction of sp³-hybridized carbons (Fsp3) is 0.667. The van der Waals surface area contributed by atoms with Crippen LogP contribution in [-0.2, 0) is 0 Å². The molecule has 0 spiro atoms. The van der Waals surface area contributed by atoms with E-state index in [9.17, 15) is 0 Å². The third-order valence-corrected chi connectivity index (χ3v) is 5.04. The monoisotopic (exact) mass is 196 g/mol. The van der Waals surface area contributed by atoms with E-state index in [-0.39, 0.29) is 0 Å². The van der Waals surface area contributed by atoms with Crippen molar-refractivity contribution in [3.8, 4) is 0 Å². The van der Waals surface area contributed by atoms with Gasteiger partial charge in [0.25, 0.3) is 0 Å². The summed E-state index contributed by atoms with van der Waals surface area (Å²) in [7, 11) is 3.09. The predicted octanol–water partition coefficient (Wildman–Crippen LogP) is 3.65. The van der Waals surface area contributed by atoms with E-state index in [4.69, 9.17) is 0 Å². The van der Waals surface area contributed by atoms with Crippen molar-refractivity contribution in [1.82, 2.24) is 0 Å². The lowest BCUT2D eigenvalue weighted by molar-refractivity contribution is 0.294. The lowest BCUT2D eigenvalue weighted by Gasteiger charge is -2.41. The fourth-order valence-electron chi connectivity index (χ4n) is 2.20. The van der Waals surface area contributed by atoms with Gasteiger partial charge >= 0.3 is 0 Å². The van der Waals surface area contributed by atoms with Gasteiger partial charge in [0.2, 0.25) is 0 Å². The predicted molar refractivity (Wildman–Crippen MR) is 63.9 cm³/mol. The zero-order valence-corrected chi connectivity index (χ0v) is 10.3. The second kappa shape index (κ2) is 3.96. The van der Waals surface area contributed by atoms with Gasteiger partial charge < -0.3 is 0 Å². The van der Waals surface area contributed by atoms with E-state index in [1.54, 1.807) is 0 Å². The smallest absolute Gasteiger partial charge is 0.00486 e. The molecule has 0 saturated heterocycles. The Bertz CT molecular complexity index is 203. The van der Waals surface area contributed by atoms with Crippen LogP contribution >= 0.6 is 9.24 Å². The highest BCUT2D eigenvalue weighted by Crippen LogP contribution is 2.44. The van der Waals surface area contributed by atoms with Crippen molar-refractivity contribution < 1.29 is 0 Å². The summed E-state index contributed by atoms with van der Waals surface area (Å²) in [5.41, 5.74) is 0. The van der Waals surface area contributed by atoms with Crippen molar-refractivity contribution in [3.05, 3.63) is 24.3 Å². The summed E-state index contributed by atoms with van der Waals surface area (Å²) in [5.74, 6) is 1.97. The molecule has 0 fully saturated rings. The summed E-state index contributed by atoms with van der Waals surface area (Å²) < 4.78 is 0. The van der Waals surface area contributed by atoms with Gasteiger partial charge in [-0.25, -0.2) is 0 Å². The number of hydrogen-bond acceptors (Lipinski definition) is 0. The Kier molecular flexibility index (Phi) is 3.35. The van der Waals surface area contributed by atoms with Crippen LogP contribution in [0, 0.1) is 17.8 Å². The highest BCUT2D eigenvalue weighted by atomic mass is 31.0. The number of hydrogen-bond donors (Lipinski definition) is 0. The maximum absolute atomic E-state index is 3.09. The molecule has 0 bridgehead atoms. The second-order valence-corrected chi connectivity index (χ2v) is 5.60. The molecule has 1 heteroatoms. The third kappa shape index (κ3) is 1.89. The summed E-state index contributed by atoms with van der Waals surface area (Å²) in [4.78, 5) is 0. The molecule has 1 aliphatic carbocycles. The van der Waals surface area contributed by atoms with Crippen LogP contribution in [0.1, 0.15) is 27.7 Å². The molecular formula is C12H21P. The lowest BCUT2D eigenvalue weighted by atomic mass is 9.75. The van der Waals surface area contributed by atoms with E-state index in [1.165, 1.54) is 0 Å². The molecule has 1 atom stereocenters. The zero-order valence-electron chi connectivity index (χ0n) is 9.12. The summed E-state index contributed by atoms with van der Waals surface area (Å²) in [6.45, 7) is 9.25. The van der Waals surface area contributed by atoms with Gasteiger partial charge in [0, 0.05) is 5.92 Å². The van der Waals surface area contributed by atoms with E-state index >= 15 is 0 Å². The molecule has 1 rings (SSSR count). The molecule has 0 heterocycles. The first-order valence-corrected chi connectivity index (χ1v) is 5.71. The molecule has 0 aliphatic heterocycles. The zero-order chi connectivity index (χ0) is 10.1. The van der Waals surface area contributed by atoms with Crippen molar-refractivity contribution in [3.63, 3.8) is 0 Å². The Balaban J connectivity index is 2.90. The van der Waals surface area contributed by atoms with Crippen LogP contribution in [0.3, 0.4) is 0 Å². The third-order valence-electron chi connectivity index (χ3n) is 3.33. The van der Waals surface area contributed by atoms with Crippen LogP contribution < -0.4 is 0 Å². The van der Waals surface area contributed by atoms with Crippen LogP contribution in [0.2, 0.25) is 0 Å². The Morgan fingerprint density at radius 1 is 1.00 bits per heavy atom. The van der Waals surface area contributed by atoms with Gasteiger partial charge in [0.1, 0.15) is 0 Å². The SMILES string of the molecule is CC(C)C(P)(C(C)C)C1C=CC=C1. The summed E-state index contributed by atoms with van der Waals surface area (Å²) in [6, 6.07) is 0. The molecule has 13 heavy (non-hydrogen) atoms. The van der Waals surface area contributed by atoms with Gasteiger partial charge in [-0.1, -0.05) is 52.0 Å². The van der Waals surface area contributed by atoms with Gasteiger partial charge in [-0.2, -0.15) is 0 Å². The van der Waals surface area contributed by atoms with Crippen molar-refractivity contribution in [2.75, 3.05) is 0 Å². The van der Waals surface area contributed by atoms with Gasteiger partial charge in [-0.3, -0.25) is 0 Å². The number of allylic oxidation sites excluding steroid dienone is 4. The molecule has 0 aromatic rings. The maximum atomic E-state index is 3.09. The highest BCUT2D eigenvalue weighted by Gasteiger charge is 2.38. The lowest BCUT2D eigenvalue weighted by Crippen LogP contribution is -2.39. The van der Waals surface area contributed by atoms with E-state index < -0.39 is 0 Å². The van der Waals surface area contributed by atoms with Crippen molar-refractivity contribution >= 4 is 9.24 Å². The largest absolute Gasteiger partial charge is 0.130 e. The van der Waals surface area contributed by atoms with Gasteiger partial charge in [0.15, 0.2) is 0 Å². The van der Waals surface area contributed by atoms with Gasteiger partial charge in [-0.15, -0.1) is 9.24 Å². The maximum Gasteiger partial charge on any atom is 0.00486 e.